The Balaban J connectivity index is 0.924. The van der Waals surface area contributed by atoms with Crippen molar-refractivity contribution in [1.29, 1.82) is 0 Å². The summed E-state index contributed by atoms with van der Waals surface area (Å²) in [6.07, 6.45) is 8.47. The van der Waals surface area contributed by atoms with E-state index in [-0.39, 0.29) is 64.7 Å². The third kappa shape index (κ3) is 12.1. The predicted molar refractivity (Wildman–Crippen MR) is 284 cm³/mol. The normalized spacial score (nSPS) is 23.3. The largest absolute Gasteiger partial charge is 0.492 e. The number of esters is 1. The summed E-state index contributed by atoms with van der Waals surface area (Å²) in [5, 5.41) is 22.4. The first-order chi connectivity index (χ1) is 34.9. The molecule has 0 spiro atoms. The highest BCUT2D eigenvalue weighted by Crippen LogP contribution is 2.72. The van der Waals surface area contributed by atoms with E-state index >= 15 is 0 Å². The van der Waals surface area contributed by atoms with Crippen molar-refractivity contribution in [3.63, 3.8) is 0 Å². The van der Waals surface area contributed by atoms with Gasteiger partial charge in [0.1, 0.15) is 23.8 Å². The number of carbonyl (C=O) groups excluding carboxylic acids is 2. The highest BCUT2D eigenvalue weighted by molar-refractivity contribution is 7.85. The molecule has 2 atom stereocenters. The number of carboxylic acid groups (broad SMARTS) is 1. The number of nitrogens with zero attached hydrogens (tertiary/aromatic N) is 6. The maximum absolute atomic E-state index is 14.1. The molecule has 4 heterocycles. The van der Waals surface area contributed by atoms with Crippen LogP contribution in [0.1, 0.15) is 117 Å². The Morgan fingerprint density at radius 2 is 1.66 bits per heavy atom. The zero-order valence-electron chi connectivity index (χ0n) is 43.6. The monoisotopic (exact) mass is 1050 g/mol. The molecule has 5 aliphatic rings. The minimum absolute atomic E-state index is 0.0774. The van der Waals surface area contributed by atoms with Crippen molar-refractivity contribution >= 4 is 60.5 Å². The van der Waals surface area contributed by atoms with E-state index in [0.29, 0.717) is 85.7 Å². The number of para-hydroxylation sites is 1. The van der Waals surface area contributed by atoms with Crippen LogP contribution in [0.2, 0.25) is 0 Å². The molecule has 4 saturated carbocycles. The minimum Gasteiger partial charge on any atom is -0.492 e. The van der Waals surface area contributed by atoms with Crippen LogP contribution in [0.3, 0.4) is 0 Å². The molecule has 4 aliphatic carbocycles. The van der Waals surface area contributed by atoms with Gasteiger partial charge in [-0.3, -0.25) is 24.1 Å². The zero-order valence-corrected chi connectivity index (χ0v) is 45.2. The molecule has 10 rings (SSSR count). The Kier molecular flexibility index (Phi) is 14.8. The molecule has 1 amide bonds. The molecule has 74 heavy (non-hydrogen) atoms. The molecule has 4 fully saturated rings. The average molecular weight is 1060 g/mol. The van der Waals surface area contributed by atoms with Gasteiger partial charge in [0.25, 0.3) is 16.0 Å². The van der Waals surface area contributed by atoms with Crippen molar-refractivity contribution in [2.45, 2.75) is 117 Å². The van der Waals surface area contributed by atoms with Gasteiger partial charge in [0, 0.05) is 73.8 Å². The van der Waals surface area contributed by atoms with Crippen LogP contribution >= 0.6 is 11.3 Å². The number of hydrogen-bond donors (Lipinski definition) is 4. The molecule has 4 N–H and O–H groups in total. The van der Waals surface area contributed by atoms with Crippen molar-refractivity contribution in [3.05, 3.63) is 82.8 Å². The lowest BCUT2D eigenvalue weighted by molar-refractivity contribution is -0.248. The van der Waals surface area contributed by atoms with E-state index in [1.807, 2.05) is 91.7 Å². The van der Waals surface area contributed by atoms with Crippen molar-refractivity contribution < 1.29 is 46.7 Å². The molecule has 0 saturated heterocycles. The molecular weight excluding hydrogens is 985 g/mol. The van der Waals surface area contributed by atoms with Crippen molar-refractivity contribution in [2.75, 3.05) is 69.0 Å². The van der Waals surface area contributed by atoms with Crippen LogP contribution in [-0.4, -0.2) is 131 Å². The van der Waals surface area contributed by atoms with E-state index in [9.17, 15) is 32.5 Å². The third-order valence-corrected chi connectivity index (χ3v) is 16.8. The number of hydrogen-bond acceptors (Lipinski definition) is 15. The van der Waals surface area contributed by atoms with Crippen LogP contribution in [0, 0.1) is 23.2 Å². The third-order valence-electron chi connectivity index (χ3n) is 15.1. The molecule has 0 radical (unpaired) electrons. The first-order valence-electron chi connectivity index (χ1n) is 25.6. The van der Waals surface area contributed by atoms with Gasteiger partial charge in [0.05, 0.1) is 40.8 Å². The number of fused-ring (bicyclic) bond motifs is 2. The van der Waals surface area contributed by atoms with E-state index in [2.05, 4.69) is 29.5 Å². The number of amides is 1. The molecule has 2 unspecified atom stereocenters. The van der Waals surface area contributed by atoms with Gasteiger partial charge in [-0.25, -0.2) is 14.8 Å². The molecule has 4 bridgehead atoms. The van der Waals surface area contributed by atoms with Crippen molar-refractivity contribution in [2.24, 2.45) is 16.2 Å². The maximum atomic E-state index is 14.1. The Labute approximate surface area is 437 Å². The topological polar surface area (TPSA) is 228 Å². The summed E-state index contributed by atoms with van der Waals surface area (Å²) < 4.78 is 53.5. The first-order valence-corrected chi connectivity index (χ1v) is 28.0. The Morgan fingerprint density at radius 3 is 2.38 bits per heavy atom. The number of carbonyl (C=O) groups is 3. The Bertz CT molecular complexity index is 3010. The van der Waals surface area contributed by atoms with Gasteiger partial charge in [-0.05, 0) is 138 Å². The summed E-state index contributed by atoms with van der Waals surface area (Å²) in [7, 11) is -2.22. The van der Waals surface area contributed by atoms with E-state index in [1.54, 1.807) is 12.3 Å². The lowest BCUT2D eigenvalue weighted by Crippen LogP contribution is -2.64. The van der Waals surface area contributed by atoms with Crippen molar-refractivity contribution in [1.82, 2.24) is 30.0 Å². The molecule has 5 aromatic rings. The summed E-state index contributed by atoms with van der Waals surface area (Å²) in [6.45, 7) is 16.1. The van der Waals surface area contributed by atoms with Crippen LogP contribution in [0.25, 0.3) is 21.3 Å². The van der Waals surface area contributed by atoms with Crippen LogP contribution < -0.4 is 20.3 Å². The highest BCUT2D eigenvalue weighted by atomic mass is 32.2. The van der Waals surface area contributed by atoms with Gasteiger partial charge in [-0.2, -0.15) is 13.5 Å². The number of aromatic nitrogens is 4. The van der Waals surface area contributed by atoms with Gasteiger partial charge in [0.2, 0.25) is 0 Å². The molecule has 3 aromatic heterocycles. The Hall–Kier alpha value is -5.51. The SMILES string of the molecule is Cc1c(-c2ccc(N3CCc4c(OCCNCCC(=O)OC(C)(C)C)ccc(C(=O)Nc5nc6ccccc6s5)c4C3)nc2C(=O)O)cnn1CC12CC3(C)CC(C)(C1)CC(OCCN(C)CCS(=O)(=O)O)(C3)C2. The number of rotatable bonds is 21. The van der Waals surface area contributed by atoms with Gasteiger partial charge in [-0.15, -0.1) is 0 Å². The number of benzene rings is 2. The summed E-state index contributed by atoms with van der Waals surface area (Å²) in [5.74, 6) is -0.977. The summed E-state index contributed by atoms with van der Waals surface area (Å²) in [6, 6.07) is 14.9. The van der Waals surface area contributed by atoms with Crippen LogP contribution in [-0.2, 0) is 43.9 Å². The second-order valence-corrected chi connectivity index (χ2v) is 25.7. The summed E-state index contributed by atoms with van der Waals surface area (Å²) >= 11 is 1.39. The number of likely N-dealkylation sites (N-methyl/N-ethyl adjacent to an activating group) is 1. The first kappa shape index (κ1) is 53.3. The molecule has 1 aliphatic heterocycles. The van der Waals surface area contributed by atoms with Gasteiger partial charge in [0.15, 0.2) is 10.8 Å². The van der Waals surface area contributed by atoms with Crippen LogP contribution in [0.5, 0.6) is 5.75 Å². The zero-order chi connectivity index (χ0) is 52.8. The second kappa shape index (κ2) is 20.6. The molecule has 398 valence electrons. The number of anilines is 2. The van der Waals surface area contributed by atoms with Crippen LogP contribution in [0.15, 0.2) is 54.7 Å². The molecular formula is C54H70N8O10S2. The number of pyridine rings is 1. The standard InChI is InChI=1S/C54H70N8O10S2/c1-35-39(26-56-62(35)34-53-29-51(5)28-52(6,30-53)32-54(31-51,33-53)71-24-21-60(7)22-25-74(67,68)69)37-13-15-44(58-46(37)48(65)66)61-20-17-36-40(27-61)38(47(64)59-49-57-41-10-8-9-11-43(41)73-49)12-14-42(36)70-23-19-55-18-16-45(63)72-50(2,3)4/h8-15,26,55H,16-25,27-34H2,1-7H3,(H,65,66)(H,57,59,64)(H,67,68,69). The lowest BCUT2D eigenvalue weighted by atomic mass is 9.39. The van der Waals surface area contributed by atoms with Gasteiger partial charge >= 0.3 is 11.9 Å². The molecule has 18 nitrogen and oxygen atoms in total. The van der Waals surface area contributed by atoms with E-state index in [0.717, 1.165) is 65.6 Å². The van der Waals surface area contributed by atoms with Gasteiger partial charge in [-0.1, -0.05) is 37.3 Å². The minimum atomic E-state index is -4.05. The quantitative estimate of drug-likeness (QED) is 0.0310. The number of aromatic carboxylic acids is 1. The number of ether oxygens (including phenoxy) is 3. The Morgan fingerprint density at radius 1 is 0.905 bits per heavy atom. The fraction of sp³-hybridized carbons (Fsp3) is 0.556. The summed E-state index contributed by atoms with van der Waals surface area (Å²) in [5.41, 5.74) is 3.97. The van der Waals surface area contributed by atoms with E-state index < -0.39 is 21.7 Å². The maximum Gasteiger partial charge on any atom is 0.355 e. The predicted octanol–water partition coefficient (Wildman–Crippen LogP) is 8.03. The summed E-state index contributed by atoms with van der Waals surface area (Å²) in [4.78, 5) is 52.8. The number of nitrogens with one attached hydrogen (secondary N) is 2. The fourth-order valence-electron chi connectivity index (χ4n) is 13.4. The number of carboxylic acids is 1. The second-order valence-electron chi connectivity index (χ2n) is 23.1. The van der Waals surface area contributed by atoms with E-state index in [1.165, 1.54) is 11.3 Å². The lowest BCUT2D eigenvalue weighted by Gasteiger charge is -2.69. The van der Waals surface area contributed by atoms with Crippen molar-refractivity contribution in [3.8, 4) is 16.9 Å². The molecule has 20 heteroatoms. The van der Waals surface area contributed by atoms with Crippen LogP contribution in [0.4, 0.5) is 10.9 Å². The van der Waals surface area contributed by atoms with E-state index in [4.69, 9.17) is 24.3 Å². The molecule has 2 aromatic carbocycles. The number of thiazole rings is 1. The smallest absolute Gasteiger partial charge is 0.355 e. The average Bonchev–Trinajstić information content (AvgIpc) is 3.88. The highest BCUT2D eigenvalue weighted by Gasteiger charge is 2.66. The fourth-order valence-corrected chi connectivity index (χ4v) is 14.8. The van der Waals surface area contributed by atoms with Gasteiger partial charge < -0.3 is 34.4 Å².